The molecule has 1 saturated carbocycles. The highest BCUT2D eigenvalue weighted by molar-refractivity contribution is 6.30. The van der Waals surface area contributed by atoms with Gasteiger partial charge in [-0.15, -0.1) is 0 Å². The summed E-state index contributed by atoms with van der Waals surface area (Å²) in [4.78, 5) is 11.6. The van der Waals surface area contributed by atoms with E-state index in [0.717, 1.165) is 17.9 Å². The number of benzene rings is 1. The molecule has 3 nitrogen and oxygen atoms in total. The van der Waals surface area contributed by atoms with E-state index in [4.69, 9.17) is 16.3 Å². The van der Waals surface area contributed by atoms with Crippen molar-refractivity contribution in [3.63, 3.8) is 0 Å². The number of hydrogen-bond acceptors (Lipinski definition) is 3. The molecule has 0 unspecified atom stereocenters. The van der Waals surface area contributed by atoms with Gasteiger partial charge in [-0.05, 0) is 57.2 Å². The van der Waals surface area contributed by atoms with E-state index in [1.807, 2.05) is 32.9 Å². The first-order chi connectivity index (χ1) is 9.33. The van der Waals surface area contributed by atoms with Gasteiger partial charge in [0.15, 0.2) is 0 Å². The number of carbonyl (C=O) groups excluding carboxylic acids is 1. The highest BCUT2D eigenvalue weighted by Gasteiger charge is 2.30. The monoisotopic (exact) mass is 295 g/mol. The van der Waals surface area contributed by atoms with Gasteiger partial charge >= 0.3 is 5.97 Å². The lowest BCUT2D eigenvalue weighted by atomic mass is 9.76. The molecule has 4 heteroatoms. The third-order valence-corrected chi connectivity index (χ3v) is 3.69. The lowest BCUT2D eigenvalue weighted by molar-refractivity contribution is -0.153. The van der Waals surface area contributed by atoms with Crippen LogP contribution in [-0.2, 0) is 9.53 Å². The van der Waals surface area contributed by atoms with Crippen LogP contribution in [0, 0.1) is 0 Å². The zero-order chi connectivity index (χ0) is 14.8. The summed E-state index contributed by atoms with van der Waals surface area (Å²) in [5, 5.41) is 4.02. The molecule has 0 radical (unpaired) electrons. The number of carbonyl (C=O) groups is 1. The molecule has 2 rings (SSSR count). The van der Waals surface area contributed by atoms with E-state index in [-0.39, 0.29) is 12.5 Å². The summed E-state index contributed by atoms with van der Waals surface area (Å²) in [6.45, 7) is 5.93. The second-order valence-corrected chi connectivity index (χ2v) is 6.82. The largest absolute Gasteiger partial charge is 0.459 e. The van der Waals surface area contributed by atoms with Crippen molar-refractivity contribution in [1.82, 2.24) is 5.32 Å². The Kier molecular flexibility index (Phi) is 4.71. The molecule has 1 N–H and O–H groups in total. The van der Waals surface area contributed by atoms with Crippen LogP contribution in [0.1, 0.15) is 45.1 Å². The fourth-order valence-electron chi connectivity index (χ4n) is 2.40. The number of ether oxygens (including phenoxy) is 1. The standard InChI is InChI=1S/C16H22ClNO2/c1-16(2,3)20-15(19)10-18-14-8-12(9-14)11-4-6-13(17)7-5-11/h4-7,12,14,18H,8-10H2,1-3H3. The Morgan fingerprint density at radius 2 is 1.90 bits per heavy atom. The average Bonchev–Trinajstić information content (AvgIpc) is 2.27. The Labute approximate surface area is 125 Å². The summed E-state index contributed by atoms with van der Waals surface area (Å²) < 4.78 is 5.27. The van der Waals surface area contributed by atoms with Crippen LogP contribution in [0.15, 0.2) is 24.3 Å². The molecular weight excluding hydrogens is 274 g/mol. The number of halogens is 1. The van der Waals surface area contributed by atoms with Crippen LogP contribution in [-0.4, -0.2) is 24.2 Å². The van der Waals surface area contributed by atoms with Crippen LogP contribution in [0.2, 0.25) is 5.02 Å². The Balaban J connectivity index is 1.69. The van der Waals surface area contributed by atoms with Crippen molar-refractivity contribution in [2.24, 2.45) is 0 Å². The molecule has 0 amide bonds. The van der Waals surface area contributed by atoms with Crippen LogP contribution in [0.3, 0.4) is 0 Å². The summed E-state index contributed by atoms with van der Waals surface area (Å²) >= 11 is 5.88. The van der Waals surface area contributed by atoms with E-state index >= 15 is 0 Å². The first-order valence-corrected chi connectivity index (χ1v) is 7.42. The molecule has 1 aromatic carbocycles. The second kappa shape index (κ2) is 6.15. The molecule has 0 aromatic heterocycles. The molecule has 0 saturated heterocycles. The summed E-state index contributed by atoms with van der Waals surface area (Å²) in [5.41, 5.74) is 0.911. The van der Waals surface area contributed by atoms with E-state index in [9.17, 15) is 4.79 Å². The maximum atomic E-state index is 11.6. The van der Waals surface area contributed by atoms with Gasteiger partial charge in [0.1, 0.15) is 5.60 Å². The van der Waals surface area contributed by atoms with E-state index in [1.54, 1.807) is 0 Å². The zero-order valence-corrected chi connectivity index (χ0v) is 13.0. The molecule has 1 aliphatic rings. The van der Waals surface area contributed by atoms with Gasteiger partial charge in [-0.1, -0.05) is 23.7 Å². The lowest BCUT2D eigenvalue weighted by Crippen LogP contribution is -2.43. The summed E-state index contributed by atoms with van der Waals surface area (Å²) in [5.74, 6) is 0.385. The van der Waals surface area contributed by atoms with Crippen LogP contribution < -0.4 is 5.32 Å². The number of hydrogen-bond donors (Lipinski definition) is 1. The van der Waals surface area contributed by atoms with Crippen LogP contribution >= 0.6 is 11.6 Å². The summed E-state index contributed by atoms with van der Waals surface area (Å²) in [7, 11) is 0. The highest BCUT2D eigenvalue weighted by Crippen LogP contribution is 2.37. The molecule has 0 heterocycles. The summed E-state index contributed by atoms with van der Waals surface area (Å²) in [6.07, 6.45) is 2.12. The van der Waals surface area contributed by atoms with Crippen LogP contribution in [0.4, 0.5) is 0 Å². The maximum absolute atomic E-state index is 11.6. The maximum Gasteiger partial charge on any atom is 0.320 e. The van der Waals surface area contributed by atoms with Crippen LogP contribution in [0.5, 0.6) is 0 Å². The molecule has 0 aliphatic heterocycles. The average molecular weight is 296 g/mol. The van der Waals surface area contributed by atoms with Gasteiger partial charge in [0.05, 0.1) is 6.54 Å². The molecule has 0 atom stereocenters. The van der Waals surface area contributed by atoms with E-state index in [1.165, 1.54) is 5.56 Å². The minimum atomic E-state index is -0.412. The van der Waals surface area contributed by atoms with Gasteiger partial charge in [-0.3, -0.25) is 4.79 Å². The minimum absolute atomic E-state index is 0.188. The highest BCUT2D eigenvalue weighted by atomic mass is 35.5. The van der Waals surface area contributed by atoms with Gasteiger partial charge in [0.25, 0.3) is 0 Å². The van der Waals surface area contributed by atoms with Crippen LogP contribution in [0.25, 0.3) is 0 Å². The van der Waals surface area contributed by atoms with Gasteiger partial charge in [-0.2, -0.15) is 0 Å². The first kappa shape index (κ1) is 15.3. The predicted molar refractivity (Wildman–Crippen MR) is 81.1 cm³/mol. The SMILES string of the molecule is CC(C)(C)OC(=O)CNC1CC(c2ccc(Cl)cc2)C1. The lowest BCUT2D eigenvalue weighted by Gasteiger charge is -2.36. The smallest absolute Gasteiger partial charge is 0.320 e. The van der Waals surface area contributed by atoms with E-state index in [0.29, 0.717) is 12.0 Å². The molecule has 0 bridgehead atoms. The molecule has 0 spiro atoms. The predicted octanol–water partition coefficient (Wildman–Crippen LogP) is 3.52. The minimum Gasteiger partial charge on any atom is -0.459 e. The molecule has 20 heavy (non-hydrogen) atoms. The Bertz CT molecular complexity index is 458. The van der Waals surface area contributed by atoms with Crippen molar-refractivity contribution in [3.05, 3.63) is 34.9 Å². The van der Waals surface area contributed by atoms with Crippen molar-refractivity contribution in [2.45, 2.75) is 51.2 Å². The van der Waals surface area contributed by atoms with Gasteiger partial charge in [-0.25, -0.2) is 0 Å². The number of rotatable bonds is 4. The second-order valence-electron chi connectivity index (χ2n) is 6.38. The quantitative estimate of drug-likeness (QED) is 0.864. The van der Waals surface area contributed by atoms with Gasteiger partial charge in [0, 0.05) is 11.1 Å². The topological polar surface area (TPSA) is 38.3 Å². The van der Waals surface area contributed by atoms with Crippen molar-refractivity contribution < 1.29 is 9.53 Å². The Morgan fingerprint density at radius 3 is 2.45 bits per heavy atom. The Morgan fingerprint density at radius 1 is 1.30 bits per heavy atom. The molecule has 1 aliphatic carbocycles. The normalized spacial score (nSPS) is 22.2. The fraction of sp³-hybridized carbons (Fsp3) is 0.562. The number of nitrogens with one attached hydrogen (secondary N) is 1. The van der Waals surface area contributed by atoms with Crippen molar-refractivity contribution >= 4 is 17.6 Å². The van der Waals surface area contributed by atoms with Crippen molar-refractivity contribution in [3.8, 4) is 0 Å². The van der Waals surface area contributed by atoms with Crippen molar-refractivity contribution in [1.29, 1.82) is 0 Å². The molecular formula is C16H22ClNO2. The Hall–Kier alpha value is -1.06. The first-order valence-electron chi connectivity index (χ1n) is 7.04. The molecule has 110 valence electrons. The fourth-order valence-corrected chi connectivity index (χ4v) is 2.52. The van der Waals surface area contributed by atoms with E-state index in [2.05, 4.69) is 17.4 Å². The summed E-state index contributed by atoms with van der Waals surface area (Å²) in [6, 6.07) is 8.42. The zero-order valence-electron chi connectivity index (χ0n) is 12.3. The molecule has 1 aromatic rings. The third kappa shape index (κ3) is 4.50. The molecule has 1 fully saturated rings. The third-order valence-electron chi connectivity index (χ3n) is 3.43. The van der Waals surface area contributed by atoms with Gasteiger partial charge in [0.2, 0.25) is 0 Å². The van der Waals surface area contributed by atoms with E-state index < -0.39 is 5.60 Å². The van der Waals surface area contributed by atoms with Crippen molar-refractivity contribution in [2.75, 3.05) is 6.54 Å². The van der Waals surface area contributed by atoms with Gasteiger partial charge < -0.3 is 10.1 Å². The number of esters is 1.